The quantitative estimate of drug-likeness (QED) is 0.750. The molecule has 0 aliphatic rings. The Labute approximate surface area is 152 Å². The van der Waals surface area contributed by atoms with E-state index in [0.717, 1.165) is 20.8 Å². The van der Waals surface area contributed by atoms with Crippen LogP contribution in [-0.4, -0.2) is 23.3 Å². The number of aromatic nitrogens is 2. The summed E-state index contributed by atoms with van der Waals surface area (Å²) in [6.07, 6.45) is 4.37. The van der Waals surface area contributed by atoms with E-state index in [4.69, 9.17) is 0 Å². The maximum atomic E-state index is 12.6. The number of pyridine rings is 1. The fourth-order valence-corrected chi connectivity index (χ4v) is 3.66. The first-order valence-electron chi connectivity index (χ1n) is 8.06. The Hall–Kier alpha value is -2.93. The number of carbonyl (C=O) groups excluding carboxylic acids is 1. The largest absolute Gasteiger partial charge is 0.346 e. The minimum atomic E-state index is -3.72. The number of nitrogens with zero attached hydrogens (tertiary/aromatic N) is 2. The topological polar surface area (TPSA) is 81.1 Å². The first-order valence-corrected chi connectivity index (χ1v) is 9.50. The summed E-state index contributed by atoms with van der Waals surface area (Å²) in [7, 11) is -3.72. The van der Waals surface area contributed by atoms with Crippen LogP contribution in [0.25, 0.3) is 0 Å². The van der Waals surface area contributed by atoms with Crippen molar-refractivity contribution in [2.24, 2.45) is 0 Å². The van der Waals surface area contributed by atoms with Gasteiger partial charge in [-0.3, -0.25) is 9.78 Å². The molecule has 0 unspecified atom stereocenters. The van der Waals surface area contributed by atoms with E-state index >= 15 is 0 Å². The van der Waals surface area contributed by atoms with Crippen molar-refractivity contribution >= 4 is 15.9 Å². The van der Waals surface area contributed by atoms with Gasteiger partial charge in [0.25, 0.3) is 15.9 Å². The van der Waals surface area contributed by atoms with Gasteiger partial charge in [-0.15, -0.1) is 0 Å². The normalized spacial score (nSPS) is 11.3. The second-order valence-corrected chi connectivity index (χ2v) is 7.90. The van der Waals surface area contributed by atoms with E-state index in [1.807, 2.05) is 26.0 Å². The van der Waals surface area contributed by atoms with Crippen LogP contribution in [-0.2, 0) is 16.6 Å². The number of amides is 1. The van der Waals surface area contributed by atoms with Crippen LogP contribution in [0.15, 0.2) is 66.0 Å². The van der Waals surface area contributed by atoms with Crippen LogP contribution in [0.3, 0.4) is 0 Å². The van der Waals surface area contributed by atoms with E-state index in [1.54, 1.807) is 30.5 Å². The molecular weight excluding hydrogens is 350 g/mol. The molecule has 0 saturated heterocycles. The van der Waals surface area contributed by atoms with Gasteiger partial charge in [0.05, 0.1) is 22.7 Å². The van der Waals surface area contributed by atoms with Gasteiger partial charge in [-0.1, -0.05) is 17.7 Å². The van der Waals surface area contributed by atoms with Gasteiger partial charge in [0.15, 0.2) is 0 Å². The number of carbonyl (C=O) groups is 1. The maximum absolute atomic E-state index is 12.6. The van der Waals surface area contributed by atoms with Crippen LogP contribution in [0, 0.1) is 13.8 Å². The molecule has 1 amide bonds. The molecule has 0 aliphatic carbocycles. The highest BCUT2D eigenvalue weighted by Gasteiger charge is 2.18. The third-order valence-corrected chi connectivity index (χ3v) is 5.58. The summed E-state index contributed by atoms with van der Waals surface area (Å²) in [6.45, 7) is 4.11. The highest BCUT2D eigenvalue weighted by Crippen LogP contribution is 2.16. The lowest BCUT2D eigenvalue weighted by molar-refractivity contribution is 0.0950. The van der Waals surface area contributed by atoms with Crippen molar-refractivity contribution in [3.05, 3.63) is 83.4 Å². The summed E-state index contributed by atoms with van der Waals surface area (Å²) >= 11 is 0. The van der Waals surface area contributed by atoms with Crippen LogP contribution in [0.5, 0.6) is 0 Å². The zero-order valence-electron chi connectivity index (χ0n) is 14.5. The molecule has 1 aromatic carbocycles. The molecule has 1 N–H and O–H groups in total. The number of benzene rings is 1. The van der Waals surface area contributed by atoms with Crippen molar-refractivity contribution in [3.8, 4) is 0 Å². The van der Waals surface area contributed by atoms with Gasteiger partial charge >= 0.3 is 0 Å². The number of rotatable bonds is 5. The standard InChI is InChI=1S/C19H19N3O3S/c1-14-3-5-18(6-4-14)26(24,25)22-10-8-16(13-22)19(23)21-12-17-11-15(2)7-9-20-17/h3-11,13H,12H2,1-2H3,(H,21,23). The smallest absolute Gasteiger partial charge is 0.267 e. The lowest BCUT2D eigenvalue weighted by Gasteiger charge is -2.06. The molecule has 26 heavy (non-hydrogen) atoms. The molecule has 6 nitrogen and oxygen atoms in total. The Morgan fingerprint density at radius 1 is 1.08 bits per heavy atom. The van der Waals surface area contributed by atoms with E-state index in [9.17, 15) is 13.2 Å². The predicted octanol–water partition coefficient (Wildman–Crippen LogP) is 2.67. The van der Waals surface area contributed by atoms with Crippen molar-refractivity contribution in [2.75, 3.05) is 0 Å². The molecule has 0 fully saturated rings. The predicted molar refractivity (Wildman–Crippen MR) is 98.3 cm³/mol. The van der Waals surface area contributed by atoms with Crippen molar-refractivity contribution in [1.82, 2.24) is 14.3 Å². The molecule has 7 heteroatoms. The third-order valence-electron chi connectivity index (χ3n) is 3.93. The summed E-state index contributed by atoms with van der Waals surface area (Å²) in [5.41, 5.74) is 3.04. The van der Waals surface area contributed by atoms with E-state index in [0.29, 0.717) is 0 Å². The summed E-state index contributed by atoms with van der Waals surface area (Å²) in [4.78, 5) is 16.6. The molecule has 0 saturated carbocycles. The lowest BCUT2D eigenvalue weighted by Crippen LogP contribution is -2.23. The Balaban J connectivity index is 1.74. The fourth-order valence-electron chi connectivity index (χ4n) is 2.46. The molecule has 2 aromatic heterocycles. The molecule has 0 radical (unpaired) electrons. The van der Waals surface area contributed by atoms with Crippen molar-refractivity contribution < 1.29 is 13.2 Å². The molecule has 0 aliphatic heterocycles. The molecular formula is C19H19N3O3S. The highest BCUT2D eigenvalue weighted by molar-refractivity contribution is 7.90. The third kappa shape index (κ3) is 3.83. The van der Waals surface area contributed by atoms with Crippen LogP contribution in [0.1, 0.15) is 27.2 Å². The van der Waals surface area contributed by atoms with Crippen molar-refractivity contribution in [1.29, 1.82) is 0 Å². The van der Waals surface area contributed by atoms with Crippen molar-refractivity contribution in [2.45, 2.75) is 25.3 Å². The molecule has 0 bridgehead atoms. The first kappa shape index (κ1) is 17.9. The monoisotopic (exact) mass is 369 g/mol. The fraction of sp³-hybridized carbons (Fsp3) is 0.158. The average molecular weight is 369 g/mol. The SMILES string of the molecule is Cc1ccc(S(=O)(=O)n2ccc(C(=O)NCc3cc(C)ccn3)c2)cc1. The lowest BCUT2D eigenvalue weighted by atomic mass is 10.2. The average Bonchev–Trinajstić information content (AvgIpc) is 3.11. The second kappa shape index (κ2) is 7.13. The number of nitrogens with one attached hydrogen (secondary N) is 1. The van der Waals surface area contributed by atoms with Gasteiger partial charge in [0.1, 0.15) is 0 Å². The van der Waals surface area contributed by atoms with Gasteiger partial charge in [0, 0.05) is 18.6 Å². The zero-order valence-corrected chi connectivity index (χ0v) is 15.3. The van der Waals surface area contributed by atoms with E-state index < -0.39 is 10.0 Å². The van der Waals surface area contributed by atoms with E-state index in [-0.39, 0.29) is 22.9 Å². The zero-order chi connectivity index (χ0) is 18.7. The van der Waals surface area contributed by atoms with Crippen molar-refractivity contribution in [3.63, 3.8) is 0 Å². The number of hydrogen-bond donors (Lipinski definition) is 1. The molecule has 2 heterocycles. The van der Waals surface area contributed by atoms with Gasteiger partial charge in [0.2, 0.25) is 0 Å². The Kier molecular flexibility index (Phi) is 4.90. The summed E-state index contributed by atoms with van der Waals surface area (Å²) in [6, 6.07) is 11.8. The molecule has 3 rings (SSSR count). The van der Waals surface area contributed by atoms with Crippen LogP contribution in [0.2, 0.25) is 0 Å². The summed E-state index contributed by atoms with van der Waals surface area (Å²) < 4.78 is 26.3. The second-order valence-electron chi connectivity index (χ2n) is 6.06. The number of hydrogen-bond acceptors (Lipinski definition) is 4. The van der Waals surface area contributed by atoms with Crippen LogP contribution >= 0.6 is 0 Å². The first-order chi connectivity index (χ1) is 12.4. The van der Waals surface area contributed by atoms with Crippen LogP contribution < -0.4 is 5.32 Å². The van der Waals surface area contributed by atoms with Crippen LogP contribution in [0.4, 0.5) is 0 Å². The molecule has 134 valence electrons. The Morgan fingerprint density at radius 3 is 2.50 bits per heavy atom. The van der Waals surface area contributed by atoms with Gasteiger partial charge in [-0.2, -0.15) is 0 Å². The highest BCUT2D eigenvalue weighted by atomic mass is 32.2. The molecule has 0 spiro atoms. The maximum Gasteiger partial charge on any atom is 0.267 e. The van der Waals surface area contributed by atoms with Gasteiger partial charge < -0.3 is 5.32 Å². The van der Waals surface area contributed by atoms with Gasteiger partial charge in [-0.25, -0.2) is 12.4 Å². The minimum absolute atomic E-state index is 0.176. The Morgan fingerprint density at radius 2 is 1.81 bits per heavy atom. The summed E-state index contributed by atoms with van der Waals surface area (Å²) in [5.74, 6) is -0.355. The summed E-state index contributed by atoms with van der Waals surface area (Å²) in [5, 5.41) is 2.74. The molecule has 0 atom stereocenters. The minimum Gasteiger partial charge on any atom is -0.346 e. The Bertz CT molecular complexity index is 1040. The van der Waals surface area contributed by atoms with E-state index in [2.05, 4.69) is 10.3 Å². The van der Waals surface area contributed by atoms with E-state index in [1.165, 1.54) is 18.5 Å². The molecule has 3 aromatic rings. The number of aryl methyl sites for hydroxylation is 2. The van der Waals surface area contributed by atoms with Gasteiger partial charge in [-0.05, 0) is 49.7 Å².